The Morgan fingerprint density at radius 1 is 1.27 bits per heavy atom. The lowest BCUT2D eigenvalue weighted by Crippen LogP contribution is -2.45. The van der Waals surface area contributed by atoms with Crippen LogP contribution in [0.3, 0.4) is 0 Å². The summed E-state index contributed by atoms with van der Waals surface area (Å²) < 4.78 is 5.85. The van der Waals surface area contributed by atoms with E-state index in [0.29, 0.717) is 13.2 Å². The predicted octanol–water partition coefficient (Wildman–Crippen LogP) is 1.09. The molecule has 6 heteroatoms. The van der Waals surface area contributed by atoms with Gasteiger partial charge in [-0.05, 0) is 32.8 Å². The molecule has 0 aromatic carbocycles. The SMILES string of the molecule is Cc1cc([C@@H]2CN(CC(=O)N3CCCC3)CCO2)nc(C)n1. The minimum Gasteiger partial charge on any atom is -0.369 e. The van der Waals surface area contributed by atoms with Crippen molar-refractivity contribution in [3.63, 3.8) is 0 Å². The highest BCUT2D eigenvalue weighted by atomic mass is 16.5. The zero-order valence-electron chi connectivity index (χ0n) is 13.4. The van der Waals surface area contributed by atoms with Gasteiger partial charge in [0.2, 0.25) is 5.91 Å². The number of ether oxygens (including phenoxy) is 1. The standard InChI is InChI=1S/C16H24N4O2/c1-12-9-14(18-13(2)17-12)15-10-19(7-8-22-15)11-16(21)20-5-3-4-6-20/h9,15H,3-8,10-11H2,1-2H3/t15-/m0/s1. The number of amides is 1. The number of aryl methyl sites for hydroxylation is 2. The number of likely N-dealkylation sites (tertiary alicyclic amines) is 1. The molecule has 0 radical (unpaired) electrons. The Bertz CT molecular complexity index is 523. The number of morpholine rings is 1. The van der Waals surface area contributed by atoms with Crippen molar-refractivity contribution in [2.24, 2.45) is 0 Å². The maximum Gasteiger partial charge on any atom is 0.236 e. The topological polar surface area (TPSA) is 58.6 Å². The normalized spacial score (nSPS) is 23.0. The molecule has 3 heterocycles. The third-order valence-corrected chi connectivity index (χ3v) is 4.28. The second-order valence-electron chi connectivity index (χ2n) is 6.16. The Hall–Kier alpha value is -1.53. The van der Waals surface area contributed by atoms with Crippen molar-refractivity contribution in [1.82, 2.24) is 19.8 Å². The number of rotatable bonds is 3. The maximum atomic E-state index is 12.3. The summed E-state index contributed by atoms with van der Waals surface area (Å²) in [6.45, 7) is 8.34. The van der Waals surface area contributed by atoms with Gasteiger partial charge in [-0.1, -0.05) is 0 Å². The minimum absolute atomic E-state index is 0.0690. The highest BCUT2D eigenvalue weighted by Gasteiger charge is 2.27. The van der Waals surface area contributed by atoms with Crippen molar-refractivity contribution in [2.45, 2.75) is 32.8 Å². The van der Waals surface area contributed by atoms with Gasteiger partial charge < -0.3 is 9.64 Å². The third-order valence-electron chi connectivity index (χ3n) is 4.28. The molecule has 2 saturated heterocycles. The number of hydrogen-bond donors (Lipinski definition) is 0. The molecule has 1 amide bonds. The molecule has 1 atom stereocenters. The number of hydrogen-bond acceptors (Lipinski definition) is 5. The van der Waals surface area contributed by atoms with Crippen LogP contribution in [0.1, 0.15) is 36.2 Å². The van der Waals surface area contributed by atoms with Crippen LogP contribution in [-0.4, -0.2) is 65.0 Å². The van der Waals surface area contributed by atoms with Gasteiger partial charge in [-0.15, -0.1) is 0 Å². The van der Waals surface area contributed by atoms with Gasteiger partial charge in [0.15, 0.2) is 0 Å². The fraction of sp³-hybridized carbons (Fsp3) is 0.688. The van der Waals surface area contributed by atoms with Crippen LogP contribution in [-0.2, 0) is 9.53 Å². The molecule has 0 N–H and O–H groups in total. The Morgan fingerprint density at radius 2 is 2.05 bits per heavy atom. The fourth-order valence-corrected chi connectivity index (χ4v) is 3.19. The summed E-state index contributed by atoms with van der Waals surface area (Å²) in [6, 6.07) is 1.98. The van der Waals surface area contributed by atoms with Crippen LogP contribution < -0.4 is 0 Å². The van der Waals surface area contributed by atoms with E-state index in [9.17, 15) is 4.79 Å². The minimum atomic E-state index is -0.0690. The van der Waals surface area contributed by atoms with Gasteiger partial charge >= 0.3 is 0 Å². The van der Waals surface area contributed by atoms with Crippen molar-refractivity contribution >= 4 is 5.91 Å². The van der Waals surface area contributed by atoms with E-state index in [1.165, 1.54) is 0 Å². The van der Waals surface area contributed by atoms with E-state index in [-0.39, 0.29) is 12.0 Å². The summed E-state index contributed by atoms with van der Waals surface area (Å²) in [5, 5.41) is 0. The van der Waals surface area contributed by atoms with Crippen LogP contribution in [0.15, 0.2) is 6.07 Å². The van der Waals surface area contributed by atoms with Crippen molar-refractivity contribution in [2.75, 3.05) is 39.3 Å². The summed E-state index contributed by atoms with van der Waals surface area (Å²) in [5.74, 6) is 1.01. The number of carbonyl (C=O) groups excluding carboxylic acids is 1. The van der Waals surface area contributed by atoms with Gasteiger partial charge in [-0.25, -0.2) is 9.97 Å². The molecule has 0 bridgehead atoms. The number of carbonyl (C=O) groups is 1. The molecule has 3 rings (SSSR count). The zero-order valence-corrected chi connectivity index (χ0v) is 13.4. The highest BCUT2D eigenvalue weighted by molar-refractivity contribution is 5.78. The van der Waals surface area contributed by atoms with Crippen LogP contribution in [0.5, 0.6) is 0 Å². The van der Waals surface area contributed by atoms with Crippen molar-refractivity contribution in [1.29, 1.82) is 0 Å². The first kappa shape index (κ1) is 15.4. The van der Waals surface area contributed by atoms with E-state index in [1.807, 2.05) is 24.8 Å². The van der Waals surface area contributed by atoms with Crippen LogP contribution in [0.2, 0.25) is 0 Å². The van der Waals surface area contributed by atoms with Crippen LogP contribution in [0.4, 0.5) is 0 Å². The highest BCUT2D eigenvalue weighted by Crippen LogP contribution is 2.21. The zero-order chi connectivity index (χ0) is 15.5. The van der Waals surface area contributed by atoms with E-state index in [1.54, 1.807) is 0 Å². The van der Waals surface area contributed by atoms with E-state index < -0.39 is 0 Å². The summed E-state index contributed by atoms with van der Waals surface area (Å²) in [6.07, 6.45) is 2.20. The Balaban J connectivity index is 1.62. The largest absolute Gasteiger partial charge is 0.369 e. The monoisotopic (exact) mass is 304 g/mol. The van der Waals surface area contributed by atoms with Gasteiger partial charge in [0, 0.05) is 31.9 Å². The first-order valence-electron chi connectivity index (χ1n) is 8.06. The lowest BCUT2D eigenvalue weighted by Gasteiger charge is -2.33. The Labute approximate surface area is 131 Å². The molecule has 0 saturated carbocycles. The van der Waals surface area contributed by atoms with Gasteiger partial charge in [0.1, 0.15) is 11.9 Å². The van der Waals surface area contributed by atoms with E-state index in [4.69, 9.17) is 4.74 Å². The van der Waals surface area contributed by atoms with Crippen LogP contribution in [0.25, 0.3) is 0 Å². The summed E-state index contributed by atoms with van der Waals surface area (Å²) in [5.41, 5.74) is 1.87. The number of nitrogens with zero attached hydrogens (tertiary/aromatic N) is 4. The first-order valence-corrected chi connectivity index (χ1v) is 8.06. The lowest BCUT2D eigenvalue weighted by molar-refractivity contribution is -0.133. The van der Waals surface area contributed by atoms with Crippen LogP contribution >= 0.6 is 0 Å². The molecule has 120 valence electrons. The van der Waals surface area contributed by atoms with Crippen molar-refractivity contribution in [3.8, 4) is 0 Å². The fourth-order valence-electron chi connectivity index (χ4n) is 3.19. The molecule has 2 aliphatic rings. The summed E-state index contributed by atoms with van der Waals surface area (Å²) >= 11 is 0. The summed E-state index contributed by atoms with van der Waals surface area (Å²) in [7, 11) is 0. The molecule has 1 aromatic rings. The Kier molecular flexibility index (Phi) is 4.69. The van der Waals surface area contributed by atoms with E-state index in [0.717, 1.165) is 56.2 Å². The van der Waals surface area contributed by atoms with Gasteiger partial charge in [0.05, 0.1) is 18.8 Å². The molecule has 2 fully saturated rings. The molecular weight excluding hydrogens is 280 g/mol. The van der Waals surface area contributed by atoms with Gasteiger partial charge in [-0.3, -0.25) is 9.69 Å². The first-order chi connectivity index (χ1) is 10.6. The quantitative estimate of drug-likeness (QED) is 0.836. The second kappa shape index (κ2) is 6.71. The van der Waals surface area contributed by atoms with E-state index >= 15 is 0 Å². The average molecular weight is 304 g/mol. The third kappa shape index (κ3) is 3.62. The van der Waals surface area contributed by atoms with Crippen molar-refractivity contribution < 1.29 is 9.53 Å². The molecule has 6 nitrogen and oxygen atoms in total. The Morgan fingerprint density at radius 3 is 2.77 bits per heavy atom. The molecule has 0 aliphatic carbocycles. The lowest BCUT2D eigenvalue weighted by atomic mass is 10.1. The molecule has 0 unspecified atom stereocenters. The summed E-state index contributed by atoms with van der Waals surface area (Å²) in [4.78, 5) is 25.2. The van der Waals surface area contributed by atoms with E-state index in [2.05, 4.69) is 14.9 Å². The molecule has 2 aliphatic heterocycles. The molecule has 0 spiro atoms. The van der Waals surface area contributed by atoms with Gasteiger partial charge in [0.25, 0.3) is 0 Å². The maximum absolute atomic E-state index is 12.3. The molecular formula is C16H24N4O2. The molecule has 1 aromatic heterocycles. The number of aromatic nitrogens is 2. The molecule has 22 heavy (non-hydrogen) atoms. The van der Waals surface area contributed by atoms with Gasteiger partial charge in [-0.2, -0.15) is 0 Å². The van der Waals surface area contributed by atoms with Crippen molar-refractivity contribution in [3.05, 3.63) is 23.3 Å². The average Bonchev–Trinajstić information content (AvgIpc) is 3.01. The smallest absolute Gasteiger partial charge is 0.236 e. The van der Waals surface area contributed by atoms with Crippen LogP contribution in [0, 0.1) is 13.8 Å². The predicted molar refractivity (Wildman–Crippen MR) is 82.5 cm³/mol. The second-order valence-corrected chi connectivity index (χ2v) is 6.16.